The number of aryl methyl sites for hydroxylation is 1. The second kappa shape index (κ2) is 8.85. The van der Waals surface area contributed by atoms with Gasteiger partial charge in [-0.2, -0.15) is 0 Å². The van der Waals surface area contributed by atoms with Gasteiger partial charge in [0.1, 0.15) is 5.75 Å². The molecule has 1 spiro atoms. The van der Waals surface area contributed by atoms with Crippen LogP contribution in [0.5, 0.6) is 5.75 Å². The molecule has 2 aromatic rings. The van der Waals surface area contributed by atoms with E-state index in [1.54, 1.807) is 0 Å². The molecule has 0 aromatic heterocycles. The Morgan fingerprint density at radius 1 is 1.16 bits per heavy atom. The van der Waals surface area contributed by atoms with E-state index >= 15 is 0 Å². The first-order valence-corrected chi connectivity index (χ1v) is 11.8. The highest BCUT2D eigenvalue weighted by Gasteiger charge is 2.42. The molecule has 2 aromatic carbocycles. The van der Waals surface area contributed by atoms with E-state index in [9.17, 15) is 4.79 Å². The lowest BCUT2D eigenvalue weighted by Gasteiger charge is -2.47. The predicted octanol–water partition coefficient (Wildman–Crippen LogP) is 3.64. The number of piperidine rings is 1. The van der Waals surface area contributed by atoms with Crippen LogP contribution in [0.1, 0.15) is 53.6 Å². The summed E-state index contributed by atoms with van der Waals surface area (Å²) in [5.74, 6) is 0.285. The number of hydrogen-bond acceptors (Lipinski definition) is 5. The second-order valence-electron chi connectivity index (χ2n) is 9.25. The monoisotopic (exact) mass is 436 g/mol. The Morgan fingerprint density at radius 3 is 2.59 bits per heavy atom. The van der Waals surface area contributed by atoms with E-state index in [1.807, 2.05) is 25.1 Å². The summed E-state index contributed by atoms with van der Waals surface area (Å²) in [5, 5.41) is 11.6. The van der Waals surface area contributed by atoms with Crippen molar-refractivity contribution >= 4 is 5.91 Å². The van der Waals surface area contributed by atoms with Gasteiger partial charge < -0.3 is 19.9 Å². The fraction of sp³-hybridized carbons (Fsp3) is 0.500. The highest BCUT2D eigenvalue weighted by molar-refractivity contribution is 5.96. The van der Waals surface area contributed by atoms with Crippen LogP contribution < -0.4 is 10.1 Å². The first-order valence-electron chi connectivity index (χ1n) is 11.8. The zero-order valence-electron chi connectivity index (χ0n) is 18.7. The van der Waals surface area contributed by atoms with Crippen molar-refractivity contribution < 1.29 is 19.4 Å². The van der Waals surface area contributed by atoms with E-state index in [0.717, 1.165) is 60.0 Å². The van der Waals surface area contributed by atoms with Gasteiger partial charge in [-0.05, 0) is 54.7 Å². The number of benzene rings is 2. The molecule has 2 aliphatic heterocycles. The minimum Gasteiger partial charge on any atom is -0.462 e. The van der Waals surface area contributed by atoms with E-state index in [1.165, 1.54) is 19.3 Å². The van der Waals surface area contributed by atoms with Crippen molar-refractivity contribution in [1.29, 1.82) is 0 Å². The van der Waals surface area contributed by atoms with Gasteiger partial charge in [0.25, 0.3) is 5.91 Å². The summed E-state index contributed by atoms with van der Waals surface area (Å²) < 4.78 is 12.7. The number of fused-ring (bicyclic) bond motifs is 1. The molecular formula is C26H32N2O4. The predicted molar refractivity (Wildman–Crippen MR) is 123 cm³/mol. The van der Waals surface area contributed by atoms with E-state index in [2.05, 4.69) is 28.4 Å². The lowest BCUT2D eigenvalue weighted by atomic mass is 9.89. The molecule has 0 radical (unpaired) electrons. The maximum Gasteiger partial charge on any atom is 0.251 e. The molecule has 6 heteroatoms. The van der Waals surface area contributed by atoms with Crippen molar-refractivity contribution in [2.45, 2.75) is 57.5 Å². The lowest BCUT2D eigenvalue weighted by Crippen LogP contribution is -2.54. The Bertz CT molecular complexity index is 993. The maximum atomic E-state index is 12.2. The zero-order chi connectivity index (χ0) is 22.1. The summed E-state index contributed by atoms with van der Waals surface area (Å²) in [6.07, 6.45) is 5.89. The number of carbonyl (C=O) groups excluding carboxylic acids is 1. The van der Waals surface area contributed by atoms with Gasteiger partial charge in [0.2, 0.25) is 5.79 Å². The van der Waals surface area contributed by atoms with Crippen LogP contribution in [0, 0.1) is 6.92 Å². The van der Waals surface area contributed by atoms with Crippen molar-refractivity contribution in [2.75, 3.05) is 26.2 Å². The number of nitrogens with zero attached hydrogens (tertiary/aromatic N) is 1. The minimum absolute atomic E-state index is 0.0673. The highest BCUT2D eigenvalue weighted by Crippen LogP contribution is 2.40. The SMILES string of the molecule is Cc1cc(-c2ccc3c(c2)COC2(CCN(C4CCC4)CC2)O3)ccc1C(=O)NCCO. The van der Waals surface area contributed by atoms with Crippen LogP contribution in [0.2, 0.25) is 0 Å². The van der Waals surface area contributed by atoms with Gasteiger partial charge in [-0.25, -0.2) is 0 Å². The van der Waals surface area contributed by atoms with E-state index in [0.29, 0.717) is 12.2 Å². The number of likely N-dealkylation sites (tertiary alicyclic amines) is 1. The van der Waals surface area contributed by atoms with E-state index in [4.69, 9.17) is 14.6 Å². The molecule has 0 bridgehead atoms. The second-order valence-corrected chi connectivity index (χ2v) is 9.25. The molecule has 2 N–H and O–H groups in total. The first-order chi connectivity index (χ1) is 15.6. The molecule has 1 aliphatic carbocycles. The number of nitrogens with one attached hydrogen (secondary N) is 1. The van der Waals surface area contributed by atoms with Crippen LogP contribution in [0.25, 0.3) is 11.1 Å². The van der Waals surface area contributed by atoms with Crippen molar-refractivity contribution in [1.82, 2.24) is 10.2 Å². The fourth-order valence-corrected chi connectivity index (χ4v) is 5.00. The average molecular weight is 437 g/mol. The molecule has 2 heterocycles. The summed E-state index contributed by atoms with van der Waals surface area (Å²) >= 11 is 0. The molecule has 0 atom stereocenters. The van der Waals surface area contributed by atoms with Crippen molar-refractivity contribution in [3.8, 4) is 16.9 Å². The van der Waals surface area contributed by atoms with Gasteiger partial charge in [-0.3, -0.25) is 9.69 Å². The molecule has 170 valence electrons. The topological polar surface area (TPSA) is 71.0 Å². The molecule has 0 unspecified atom stereocenters. The number of ether oxygens (including phenoxy) is 2. The number of amides is 1. The Kier molecular flexibility index (Phi) is 5.93. The first kappa shape index (κ1) is 21.4. The van der Waals surface area contributed by atoms with Gasteiger partial charge in [0.15, 0.2) is 0 Å². The smallest absolute Gasteiger partial charge is 0.251 e. The normalized spacial score (nSPS) is 20.3. The molecule has 32 heavy (non-hydrogen) atoms. The summed E-state index contributed by atoms with van der Waals surface area (Å²) in [5.41, 5.74) is 4.73. The molecule has 5 rings (SSSR count). The fourth-order valence-electron chi connectivity index (χ4n) is 5.00. The quantitative estimate of drug-likeness (QED) is 0.749. The lowest BCUT2D eigenvalue weighted by molar-refractivity contribution is -0.231. The van der Waals surface area contributed by atoms with Gasteiger partial charge in [0.05, 0.1) is 13.2 Å². The van der Waals surface area contributed by atoms with Crippen molar-refractivity contribution in [3.63, 3.8) is 0 Å². The molecule has 1 saturated carbocycles. The van der Waals surface area contributed by atoms with Crippen molar-refractivity contribution in [3.05, 3.63) is 53.1 Å². The third-order valence-electron chi connectivity index (χ3n) is 7.20. The molecule has 1 saturated heterocycles. The standard InChI is InChI=1S/C26H32N2O4/c1-18-15-19(5-7-23(18)25(30)27-11-14-29)20-6-8-24-21(16-20)17-31-26(32-24)9-12-28(13-10-26)22-3-2-4-22/h5-8,15-16,22,29H,2-4,9-14,17H2,1H3,(H,27,30). The molecule has 6 nitrogen and oxygen atoms in total. The van der Waals surface area contributed by atoms with Crippen LogP contribution in [-0.2, 0) is 11.3 Å². The van der Waals surface area contributed by atoms with E-state index in [-0.39, 0.29) is 19.1 Å². The Balaban J connectivity index is 1.28. The third kappa shape index (κ3) is 4.15. The summed E-state index contributed by atoms with van der Waals surface area (Å²) in [6.45, 7) is 4.79. The van der Waals surface area contributed by atoms with Crippen LogP contribution >= 0.6 is 0 Å². The Morgan fingerprint density at radius 2 is 1.91 bits per heavy atom. The number of carbonyl (C=O) groups is 1. The number of aliphatic hydroxyl groups excluding tert-OH is 1. The maximum absolute atomic E-state index is 12.2. The molecular weight excluding hydrogens is 404 g/mol. The van der Waals surface area contributed by atoms with Crippen LogP contribution in [0.15, 0.2) is 36.4 Å². The molecule has 2 fully saturated rings. The van der Waals surface area contributed by atoms with Gasteiger partial charge in [-0.15, -0.1) is 0 Å². The van der Waals surface area contributed by atoms with Crippen molar-refractivity contribution in [2.24, 2.45) is 0 Å². The Hall–Kier alpha value is -2.41. The summed E-state index contributed by atoms with van der Waals surface area (Å²) in [4.78, 5) is 14.8. The largest absolute Gasteiger partial charge is 0.462 e. The minimum atomic E-state index is -0.477. The number of hydrogen-bond donors (Lipinski definition) is 2. The third-order valence-corrected chi connectivity index (χ3v) is 7.20. The Labute approximate surface area is 189 Å². The van der Waals surface area contributed by atoms with Gasteiger partial charge >= 0.3 is 0 Å². The zero-order valence-corrected chi connectivity index (χ0v) is 18.7. The highest BCUT2D eigenvalue weighted by atomic mass is 16.7. The summed E-state index contributed by atoms with van der Waals surface area (Å²) in [7, 11) is 0. The molecule has 3 aliphatic rings. The van der Waals surface area contributed by atoms with Crippen LogP contribution in [0.3, 0.4) is 0 Å². The number of rotatable bonds is 5. The number of aliphatic hydroxyl groups is 1. The van der Waals surface area contributed by atoms with E-state index < -0.39 is 5.79 Å². The van der Waals surface area contributed by atoms with Gasteiger partial charge in [-0.1, -0.05) is 24.6 Å². The molecule has 1 amide bonds. The van der Waals surface area contributed by atoms with Gasteiger partial charge in [0, 0.05) is 49.6 Å². The van der Waals surface area contributed by atoms with Crippen LogP contribution in [0.4, 0.5) is 0 Å². The summed E-state index contributed by atoms with van der Waals surface area (Å²) in [6, 6.07) is 12.9. The average Bonchev–Trinajstić information content (AvgIpc) is 2.77. The van der Waals surface area contributed by atoms with Crippen LogP contribution in [-0.4, -0.2) is 54.0 Å².